The largest absolute Gasteiger partial charge is 0.481 e. The van der Waals surface area contributed by atoms with Crippen LogP contribution >= 0.6 is 34.7 Å². The Morgan fingerprint density at radius 3 is 3.00 bits per heavy atom. The molecule has 0 saturated heterocycles. The summed E-state index contributed by atoms with van der Waals surface area (Å²) in [5.74, 6) is -1.08. The summed E-state index contributed by atoms with van der Waals surface area (Å²) in [5.41, 5.74) is -0.337. The Morgan fingerprint density at radius 2 is 2.37 bits per heavy atom. The molecule has 0 aromatic carbocycles. The predicted octanol–water partition coefficient (Wildman–Crippen LogP) is 1.71. The quantitative estimate of drug-likeness (QED) is 0.791. The van der Waals surface area contributed by atoms with Gasteiger partial charge in [-0.2, -0.15) is 0 Å². The number of nitrogens with zero attached hydrogens (tertiary/aromatic N) is 2. The number of aromatic nitrogens is 3. The molecule has 0 unspecified atom stereocenters. The number of carboxylic acids is 1. The minimum absolute atomic E-state index is 0.130. The first kappa shape index (κ1) is 14.2. The number of aryl methyl sites for hydroxylation is 1. The molecule has 0 atom stereocenters. The molecule has 2 aromatic rings. The topological polar surface area (TPSA) is 88.0 Å². The molecular weight excluding hydrogens is 310 g/mol. The van der Waals surface area contributed by atoms with Crippen LogP contribution < -0.4 is 5.69 Å². The van der Waals surface area contributed by atoms with Gasteiger partial charge in [-0.05, 0) is 12.1 Å². The Hall–Kier alpha value is -1.25. The molecule has 2 N–H and O–H groups in total. The van der Waals surface area contributed by atoms with Crippen LogP contribution in [0.5, 0.6) is 0 Å². The smallest absolute Gasteiger partial charge is 0.343 e. The lowest BCUT2D eigenvalue weighted by atomic mass is 10.3. The molecule has 0 saturated carbocycles. The molecule has 102 valence electrons. The molecule has 0 aliphatic heterocycles. The third-order valence-electron chi connectivity index (χ3n) is 2.26. The Labute approximate surface area is 121 Å². The maximum absolute atomic E-state index is 11.6. The fraction of sp³-hybridized carbons (Fsp3) is 0.300. The van der Waals surface area contributed by atoms with Gasteiger partial charge in [0.25, 0.3) is 0 Å². The minimum Gasteiger partial charge on any atom is -0.481 e. The molecule has 2 aromatic heterocycles. The number of thiophene rings is 1. The molecule has 0 amide bonds. The maximum Gasteiger partial charge on any atom is 0.343 e. The van der Waals surface area contributed by atoms with Crippen LogP contribution in [0, 0.1) is 0 Å². The van der Waals surface area contributed by atoms with Crippen LogP contribution in [-0.2, 0) is 17.8 Å². The fourth-order valence-electron chi connectivity index (χ4n) is 1.44. The van der Waals surface area contributed by atoms with E-state index >= 15 is 0 Å². The molecule has 0 fully saturated rings. The number of H-pyrrole nitrogens is 1. The first-order chi connectivity index (χ1) is 9.06. The SMILES string of the molecule is O=C(O)CSc1n[nH]c(=O)n1CCc1ccc(Cl)s1. The van der Waals surface area contributed by atoms with Crippen LogP contribution in [-0.4, -0.2) is 31.6 Å². The summed E-state index contributed by atoms with van der Waals surface area (Å²) in [6.45, 7) is 0.439. The number of rotatable bonds is 6. The van der Waals surface area contributed by atoms with E-state index in [1.807, 2.05) is 6.07 Å². The summed E-state index contributed by atoms with van der Waals surface area (Å²) in [4.78, 5) is 23.1. The van der Waals surface area contributed by atoms with Crippen LogP contribution in [0.3, 0.4) is 0 Å². The van der Waals surface area contributed by atoms with Crippen molar-refractivity contribution in [3.8, 4) is 0 Å². The van der Waals surface area contributed by atoms with Gasteiger partial charge in [-0.15, -0.1) is 16.4 Å². The molecule has 0 aliphatic carbocycles. The zero-order chi connectivity index (χ0) is 13.8. The number of hydrogen-bond acceptors (Lipinski definition) is 5. The minimum atomic E-state index is -0.947. The van der Waals surface area contributed by atoms with Gasteiger partial charge < -0.3 is 5.11 Å². The van der Waals surface area contributed by atoms with Crippen LogP contribution in [0.4, 0.5) is 0 Å². The lowest BCUT2D eigenvalue weighted by molar-refractivity contribution is -0.133. The number of carbonyl (C=O) groups is 1. The van der Waals surface area contributed by atoms with Gasteiger partial charge in [0.2, 0.25) is 0 Å². The van der Waals surface area contributed by atoms with Crippen LogP contribution in [0.25, 0.3) is 0 Å². The second kappa shape index (κ2) is 6.27. The van der Waals surface area contributed by atoms with Gasteiger partial charge in [0, 0.05) is 17.8 Å². The summed E-state index contributed by atoms with van der Waals surface area (Å²) in [7, 11) is 0. The normalized spacial score (nSPS) is 10.8. The number of carboxylic acid groups (broad SMARTS) is 1. The van der Waals surface area contributed by atoms with Gasteiger partial charge >= 0.3 is 11.7 Å². The number of aromatic amines is 1. The van der Waals surface area contributed by atoms with E-state index in [1.54, 1.807) is 6.07 Å². The van der Waals surface area contributed by atoms with Crippen molar-refractivity contribution in [2.24, 2.45) is 0 Å². The molecule has 0 bridgehead atoms. The predicted molar refractivity (Wildman–Crippen MR) is 74.2 cm³/mol. The number of hydrogen-bond donors (Lipinski definition) is 2. The highest BCUT2D eigenvalue weighted by Gasteiger charge is 2.11. The average Bonchev–Trinajstić information content (AvgIpc) is 2.91. The molecule has 0 radical (unpaired) electrons. The highest BCUT2D eigenvalue weighted by molar-refractivity contribution is 7.99. The van der Waals surface area contributed by atoms with E-state index in [4.69, 9.17) is 16.7 Å². The van der Waals surface area contributed by atoms with E-state index in [0.717, 1.165) is 16.6 Å². The Bertz CT molecular complexity index is 634. The number of aliphatic carboxylic acids is 1. The molecule has 0 aliphatic rings. The van der Waals surface area contributed by atoms with Gasteiger partial charge in [-0.3, -0.25) is 9.36 Å². The summed E-state index contributed by atoms with van der Waals surface area (Å²) < 4.78 is 2.14. The maximum atomic E-state index is 11.6. The zero-order valence-corrected chi connectivity index (χ0v) is 12.0. The number of halogens is 1. The Balaban J connectivity index is 2.04. The van der Waals surface area contributed by atoms with Crippen molar-refractivity contribution in [2.45, 2.75) is 18.1 Å². The molecule has 6 nitrogen and oxygen atoms in total. The van der Waals surface area contributed by atoms with Gasteiger partial charge in [0.15, 0.2) is 5.16 Å². The summed E-state index contributed by atoms with van der Waals surface area (Å²) >= 11 is 8.30. The van der Waals surface area contributed by atoms with Crippen LogP contribution in [0.1, 0.15) is 4.88 Å². The molecule has 19 heavy (non-hydrogen) atoms. The summed E-state index contributed by atoms with van der Waals surface area (Å²) in [6.07, 6.45) is 0.650. The van der Waals surface area contributed by atoms with Gasteiger partial charge in [-0.1, -0.05) is 23.4 Å². The van der Waals surface area contributed by atoms with E-state index in [0.29, 0.717) is 22.5 Å². The van der Waals surface area contributed by atoms with Gasteiger partial charge in [0.1, 0.15) is 0 Å². The monoisotopic (exact) mass is 319 g/mol. The van der Waals surface area contributed by atoms with Crippen LogP contribution in [0.2, 0.25) is 4.34 Å². The first-order valence-corrected chi connectivity index (χ1v) is 7.48. The second-order valence-electron chi connectivity index (χ2n) is 3.60. The van der Waals surface area contributed by atoms with Crippen molar-refractivity contribution in [3.05, 3.63) is 31.8 Å². The first-order valence-electron chi connectivity index (χ1n) is 5.30. The molecular formula is C10H10ClN3O3S2. The van der Waals surface area contributed by atoms with E-state index in [2.05, 4.69) is 10.2 Å². The highest BCUT2D eigenvalue weighted by atomic mass is 35.5. The molecule has 2 rings (SSSR count). The van der Waals surface area contributed by atoms with Crippen molar-refractivity contribution >= 4 is 40.7 Å². The Kier molecular flexibility index (Phi) is 4.67. The second-order valence-corrected chi connectivity index (χ2v) is 6.34. The lowest BCUT2D eigenvalue weighted by Crippen LogP contribution is -2.19. The molecule has 0 spiro atoms. The van der Waals surface area contributed by atoms with Gasteiger partial charge in [0.05, 0.1) is 10.1 Å². The van der Waals surface area contributed by atoms with Crippen molar-refractivity contribution < 1.29 is 9.90 Å². The molecule has 2 heterocycles. The number of nitrogens with one attached hydrogen (secondary N) is 1. The van der Waals surface area contributed by atoms with E-state index < -0.39 is 5.97 Å². The summed E-state index contributed by atoms with van der Waals surface area (Å²) in [6, 6.07) is 3.71. The lowest BCUT2D eigenvalue weighted by Gasteiger charge is -2.03. The highest BCUT2D eigenvalue weighted by Crippen LogP contribution is 2.22. The average molecular weight is 320 g/mol. The standard InChI is InChI=1S/C10H10ClN3O3S2/c11-7-2-1-6(19-7)3-4-14-9(17)12-13-10(14)18-5-8(15)16/h1-2H,3-5H2,(H,12,17)(H,15,16). The number of thioether (sulfide) groups is 1. The van der Waals surface area contributed by atoms with E-state index in [9.17, 15) is 9.59 Å². The zero-order valence-electron chi connectivity index (χ0n) is 9.63. The van der Waals surface area contributed by atoms with Gasteiger partial charge in [-0.25, -0.2) is 9.89 Å². The molecule has 9 heteroatoms. The third-order valence-corrected chi connectivity index (χ3v) is 4.51. The van der Waals surface area contributed by atoms with Crippen molar-refractivity contribution in [1.82, 2.24) is 14.8 Å². The van der Waals surface area contributed by atoms with Crippen LogP contribution in [0.15, 0.2) is 22.1 Å². The Morgan fingerprint density at radius 1 is 1.58 bits per heavy atom. The van der Waals surface area contributed by atoms with E-state index in [-0.39, 0.29) is 11.4 Å². The van der Waals surface area contributed by atoms with Crippen molar-refractivity contribution in [1.29, 1.82) is 0 Å². The summed E-state index contributed by atoms with van der Waals surface area (Å²) in [5, 5.41) is 15.1. The van der Waals surface area contributed by atoms with Crippen molar-refractivity contribution in [2.75, 3.05) is 5.75 Å². The van der Waals surface area contributed by atoms with E-state index in [1.165, 1.54) is 15.9 Å². The fourth-order valence-corrected chi connectivity index (χ4v) is 3.21. The van der Waals surface area contributed by atoms with Crippen molar-refractivity contribution in [3.63, 3.8) is 0 Å². The third kappa shape index (κ3) is 3.85.